The predicted octanol–water partition coefficient (Wildman–Crippen LogP) is 8.02. The molecule has 4 aliphatic rings. The number of imide groups is 1. The Morgan fingerprint density at radius 3 is 2.58 bits per heavy atom. The maximum atomic E-state index is 15.5. The Morgan fingerprint density at radius 1 is 1.07 bits per heavy atom. The summed E-state index contributed by atoms with van der Waals surface area (Å²) in [6.07, 6.45) is 14.5. The first-order valence-electron chi connectivity index (χ1n) is 25.2. The van der Waals surface area contributed by atoms with Gasteiger partial charge in [0.25, 0.3) is 17.5 Å². The number of fused-ring (bicyclic) bond motifs is 1. The molecule has 14 nitrogen and oxygen atoms in total. The fourth-order valence-electron chi connectivity index (χ4n) is 11.3. The lowest BCUT2D eigenvalue weighted by Crippen LogP contribution is -2.43. The van der Waals surface area contributed by atoms with Gasteiger partial charge in [0.1, 0.15) is 5.65 Å². The van der Waals surface area contributed by atoms with Crippen LogP contribution in [0.5, 0.6) is 0 Å². The van der Waals surface area contributed by atoms with E-state index in [1.807, 2.05) is 31.0 Å². The lowest BCUT2D eigenvalue weighted by atomic mass is 9.86. The van der Waals surface area contributed by atoms with Gasteiger partial charge in [0.2, 0.25) is 17.6 Å². The topological polar surface area (TPSA) is 143 Å². The number of aromatic nitrogens is 4. The minimum Gasteiger partial charge on any atom is -0.388 e. The average molecular weight is 961 g/mol. The Hall–Kier alpha value is -6.94. The first kappa shape index (κ1) is 49.1. The number of rotatable bonds is 10. The minimum atomic E-state index is -0.666. The molecule has 3 amide bonds. The van der Waals surface area contributed by atoms with E-state index in [1.54, 1.807) is 30.1 Å². The molecule has 0 spiro atoms. The van der Waals surface area contributed by atoms with E-state index in [4.69, 9.17) is 4.98 Å². The zero-order valence-electron chi connectivity index (χ0n) is 41.9. The molecule has 8 heterocycles. The summed E-state index contributed by atoms with van der Waals surface area (Å²) in [6.45, 7) is 17.9. The van der Waals surface area contributed by atoms with Gasteiger partial charge in [0.15, 0.2) is 5.92 Å². The molecule has 71 heavy (non-hydrogen) atoms. The number of anilines is 1. The number of piperidine rings is 2. The molecule has 3 unspecified atom stereocenters. The van der Waals surface area contributed by atoms with Gasteiger partial charge in [-0.2, -0.15) is 4.39 Å². The van der Waals surface area contributed by atoms with E-state index in [0.29, 0.717) is 36.7 Å². The third-order valence-electron chi connectivity index (χ3n) is 15.4. The molecule has 0 radical (unpaired) electrons. The molecule has 368 valence electrons. The molecule has 9 rings (SSSR count). The minimum absolute atomic E-state index is 0.0492. The number of halogens is 1. The van der Waals surface area contributed by atoms with Gasteiger partial charge in [-0.25, -0.2) is 4.98 Å². The summed E-state index contributed by atoms with van der Waals surface area (Å²) in [6, 6.07) is 16.0. The summed E-state index contributed by atoms with van der Waals surface area (Å²) < 4.78 is 19.3. The van der Waals surface area contributed by atoms with Gasteiger partial charge in [-0.15, -0.1) is 0 Å². The summed E-state index contributed by atoms with van der Waals surface area (Å²) in [5, 5.41) is 6.25. The van der Waals surface area contributed by atoms with Gasteiger partial charge >= 0.3 is 17.6 Å². The lowest BCUT2D eigenvalue weighted by Gasteiger charge is -2.37. The highest BCUT2D eigenvalue weighted by atomic mass is 19.1. The number of nitrogens with one attached hydrogen (secondary N) is 2. The second-order valence-electron chi connectivity index (χ2n) is 20.1. The van der Waals surface area contributed by atoms with E-state index in [2.05, 4.69) is 98.7 Å². The maximum Gasteiger partial charge on any atom is 0.466 e. The molecule has 4 aromatic heterocycles. The fourth-order valence-corrected chi connectivity index (χ4v) is 11.3. The average Bonchev–Trinajstić information content (AvgIpc) is 3.60. The highest BCUT2D eigenvalue weighted by molar-refractivity contribution is 6.00. The van der Waals surface area contributed by atoms with Crippen molar-refractivity contribution in [2.45, 2.75) is 97.1 Å². The Labute approximate surface area is 415 Å². The Bertz CT molecular complexity index is 3060. The van der Waals surface area contributed by atoms with Crippen LogP contribution < -0.4 is 21.2 Å². The van der Waals surface area contributed by atoms with E-state index in [1.165, 1.54) is 17.2 Å². The monoisotopic (exact) mass is 961 g/mol. The summed E-state index contributed by atoms with van der Waals surface area (Å²) in [7, 11) is 3.84. The molecule has 0 bridgehead atoms. The number of aryl methyl sites for hydroxylation is 2. The number of carbonyl (C=O) groups excluding carboxylic acids is 3. The Morgan fingerprint density at radius 2 is 1.87 bits per heavy atom. The van der Waals surface area contributed by atoms with Crippen LogP contribution in [0.4, 0.5) is 15.8 Å². The van der Waals surface area contributed by atoms with Crippen LogP contribution in [0.3, 0.4) is 0 Å². The lowest BCUT2D eigenvalue weighted by molar-refractivity contribution is -0.315. The number of allylic oxidation sites excluding steroid dienone is 1. The van der Waals surface area contributed by atoms with Crippen molar-refractivity contribution in [2.75, 3.05) is 51.6 Å². The number of hydrogen-bond donors (Lipinski definition) is 2. The number of nitrogens with zero attached hydrogens (tertiary/aromatic N) is 8. The molecule has 0 aliphatic carbocycles. The number of carbonyl (C=O) groups is 3. The largest absolute Gasteiger partial charge is 0.466 e. The second kappa shape index (κ2) is 20.8. The second-order valence-corrected chi connectivity index (χ2v) is 20.1. The third-order valence-corrected chi connectivity index (χ3v) is 15.4. The maximum absolute atomic E-state index is 15.5. The van der Waals surface area contributed by atoms with E-state index < -0.39 is 17.6 Å². The highest BCUT2D eigenvalue weighted by Crippen LogP contribution is 2.37. The number of amides is 3. The zero-order chi connectivity index (χ0) is 50.1. The number of benzene rings is 1. The van der Waals surface area contributed by atoms with Crippen molar-refractivity contribution < 1.29 is 23.8 Å². The van der Waals surface area contributed by atoms with Crippen LogP contribution in [0.25, 0.3) is 32.7 Å². The van der Waals surface area contributed by atoms with E-state index in [0.717, 1.165) is 110 Å². The van der Waals surface area contributed by atoms with Gasteiger partial charge in [-0.3, -0.25) is 34.0 Å². The smallest absolute Gasteiger partial charge is 0.388 e. The van der Waals surface area contributed by atoms with Crippen LogP contribution in [0.15, 0.2) is 72.3 Å². The van der Waals surface area contributed by atoms with Gasteiger partial charge in [-0.05, 0) is 148 Å². The van der Waals surface area contributed by atoms with Gasteiger partial charge < -0.3 is 19.7 Å². The van der Waals surface area contributed by atoms with Gasteiger partial charge in [-0.1, -0.05) is 18.2 Å². The molecule has 15 heteroatoms. The summed E-state index contributed by atoms with van der Waals surface area (Å²) in [5.74, 6) is -1.39. The van der Waals surface area contributed by atoms with Crippen LogP contribution in [-0.4, -0.2) is 98.9 Å². The SMILES string of the molecule is C=C(C)c1cc(C(=O)N2CCC(CN3CCCC(c4[n+]#cc([N+]#CC5CCC(=O)NC5=O)cc4F)CC3C)CC2)cc(C)c1C1=CCN([C@@H](C)c2cc3c(-n4ccc(NC)cc4=O)ccnc3n2C)CC1. The Balaban J connectivity index is 0.805. The van der Waals surface area contributed by atoms with Crippen molar-refractivity contribution in [3.05, 3.63) is 128 Å². The highest BCUT2D eigenvalue weighted by Gasteiger charge is 2.36. The normalized spacial score (nSPS) is 20.9. The van der Waals surface area contributed by atoms with Crippen LogP contribution in [0.2, 0.25) is 0 Å². The Kier molecular flexibility index (Phi) is 14.4. The summed E-state index contributed by atoms with van der Waals surface area (Å²) in [5.41, 5.74) is 10.2. The van der Waals surface area contributed by atoms with Crippen molar-refractivity contribution in [2.24, 2.45) is 18.9 Å². The van der Waals surface area contributed by atoms with Crippen LogP contribution in [0, 0.1) is 36.8 Å². The molecule has 3 fully saturated rings. The molecule has 4 aliphatic heterocycles. The quantitative estimate of drug-likeness (QED) is 0.133. The van der Waals surface area contributed by atoms with Crippen LogP contribution >= 0.6 is 0 Å². The molecular weight excluding hydrogens is 896 g/mol. The summed E-state index contributed by atoms with van der Waals surface area (Å²) in [4.78, 5) is 71.1. The predicted molar refractivity (Wildman–Crippen MR) is 274 cm³/mol. The number of hydrogen-bond acceptors (Lipinski definition) is 8. The molecule has 5 aromatic rings. The van der Waals surface area contributed by atoms with Crippen molar-refractivity contribution in [3.63, 3.8) is 0 Å². The van der Waals surface area contributed by atoms with Crippen LogP contribution in [-0.2, 0) is 16.6 Å². The molecule has 0 saturated carbocycles. The van der Waals surface area contributed by atoms with E-state index >= 15 is 4.39 Å². The molecular formula is C56H65FN10O4+2. The molecule has 1 aromatic carbocycles. The zero-order valence-corrected chi connectivity index (χ0v) is 41.9. The first-order chi connectivity index (χ1) is 34.2. The van der Waals surface area contributed by atoms with E-state index in [-0.39, 0.29) is 47.5 Å². The molecule has 3 saturated heterocycles. The third kappa shape index (κ3) is 10.3. The molecule has 2 N–H and O–H groups in total. The van der Waals surface area contributed by atoms with Crippen LogP contribution in [0.1, 0.15) is 123 Å². The first-order valence-corrected chi connectivity index (χ1v) is 25.2. The van der Waals surface area contributed by atoms with Crippen molar-refractivity contribution in [3.8, 4) is 11.8 Å². The fraction of sp³-hybridized carbons (Fsp3) is 0.446. The van der Waals surface area contributed by atoms with Gasteiger partial charge in [0, 0.05) is 106 Å². The standard InChI is InChI=1S/C56H63FN10O4/c1-34(2)45-27-42(25-35(3)52(45)39-15-22-64(23-16-39)37(5)49-30-46-48(12-18-59-54(46)63(49)7)67-24-17-43(58-6)29-51(67)69)56(71)65-20-13-38(14-21-65)33-66-19-8-9-40(26-36(66)4)53-47(57)28-44(32-61-53)60-31-41-10-11-50(68)62-55(41)70/h12,15,17-18,24-25,27-30,36-38,40-41H,1,8-11,13-14,16,19-23,26,33H2,2-7H3/p+2/t36?,37-,40?,41?/m0/s1. The van der Waals surface area contributed by atoms with Crippen molar-refractivity contribution in [1.29, 1.82) is 0 Å². The number of likely N-dealkylation sites (tertiary alicyclic amines) is 2. The van der Waals surface area contributed by atoms with Gasteiger partial charge in [0.05, 0.1) is 17.7 Å². The number of pyridine rings is 2. The van der Waals surface area contributed by atoms with Crippen molar-refractivity contribution >= 4 is 51.3 Å². The van der Waals surface area contributed by atoms with Crippen molar-refractivity contribution in [1.82, 2.24) is 34.1 Å². The van der Waals surface area contributed by atoms with E-state index in [9.17, 15) is 19.2 Å². The summed E-state index contributed by atoms with van der Waals surface area (Å²) >= 11 is 0. The molecule has 4 atom stereocenters.